The van der Waals surface area contributed by atoms with Gasteiger partial charge in [-0.3, -0.25) is 0 Å². The molecule has 9 heteroatoms. The van der Waals surface area contributed by atoms with Crippen molar-refractivity contribution in [2.45, 2.75) is 59.0 Å². The molecule has 0 spiro atoms. The van der Waals surface area contributed by atoms with Crippen LogP contribution in [0.25, 0.3) is 21.9 Å². The molecular formula is C32H37N5O4. The number of pyridine rings is 1. The molecule has 0 saturated carbocycles. The summed E-state index contributed by atoms with van der Waals surface area (Å²) in [5.41, 5.74) is 4.62. The van der Waals surface area contributed by atoms with Crippen molar-refractivity contribution < 1.29 is 19.4 Å². The summed E-state index contributed by atoms with van der Waals surface area (Å²) in [5.74, 6) is 1.00. The van der Waals surface area contributed by atoms with E-state index in [2.05, 4.69) is 34.0 Å². The zero-order valence-electron chi connectivity index (χ0n) is 24.3. The van der Waals surface area contributed by atoms with Gasteiger partial charge in [0, 0.05) is 41.6 Å². The van der Waals surface area contributed by atoms with Crippen LogP contribution in [0.15, 0.2) is 73.2 Å². The van der Waals surface area contributed by atoms with Gasteiger partial charge in [-0.05, 0) is 80.3 Å². The Hall–Kier alpha value is -4.50. The van der Waals surface area contributed by atoms with E-state index >= 15 is 0 Å². The monoisotopic (exact) mass is 555 g/mol. The maximum atomic E-state index is 12.7. The normalized spacial score (nSPS) is 12.6. The fraction of sp³-hybridized carbons (Fsp3) is 0.312. The molecule has 0 bridgehead atoms. The van der Waals surface area contributed by atoms with E-state index < -0.39 is 18.0 Å². The summed E-state index contributed by atoms with van der Waals surface area (Å²) in [4.78, 5) is 17.2. The Bertz CT molecular complexity index is 1700. The van der Waals surface area contributed by atoms with Gasteiger partial charge in [0.1, 0.15) is 17.0 Å². The second kappa shape index (κ2) is 11.2. The van der Waals surface area contributed by atoms with Crippen molar-refractivity contribution in [1.29, 1.82) is 0 Å². The molecule has 0 aliphatic rings. The standard InChI is InChI=1S/C32H37N5O4/c1-20(2)21-10-11-28(40-6)26(18-21)35-30(38)34-25-8-7-9-27-24(25)13-16-36(27)19-22-12-15-33-29-23(22)14-17-37(29)31(39)41-32(3,4)5/h7-18,20,30,34-35,38H,19H2,1-6H3. The smallest absolute Gasteiger partial charge is 0.420 e. The average Bonchev–Trinajstić information content (AvgIpc) is 3.53. The molecule has 3 heterocycles. The lowest BCUT2D eigenvalue weighted by atomic mass is 10.0. The maximum Gasteiger partial charge on any atom is 0.420 e. The lowest BCUT2D eigenvalue weighted by Crippen LogP contribution is -2.28. The second-order valence-corrected chi connectivity index (χ2v) is 11.4. The highest BCUT2D eigenvalue weighted by atomic mass is 16.6. The molecule has 3 aromatic heterocycles. The molecule has 9 nitrogen and oxygen atoms in total. The summed E-state index contributed by atoms with van der Waals surface area (Å²) < 4.78 is 14.6. The van der Waals surface area contributed by atoms with Crippen LogP contribution in [-0.4, -0.2) is 44.4 Å². The number of hydrogen-bond acceptors (Lipinski definition) is 7. The lowest BCUT2D eigenvalue weighted by molar-refractivity contribution is 0.0543. The maximum absolute atomic E-state index is 12.7. The summed E-state index contributed by atoms with van der Waals surface area (Å²) in [6, 6.07) is 17.7. The molecule has 41 heavy (non-hydrogen) atoms. The minimum atomic E-state index is -1.05. The minimum Gasteiger partial charge on any atom is -0.495 e. The highest BCUT2D eigenvalue weighted by Gasteiger charge is 2.20. The Kier molecular flexibility index (Phi) is 7.64. The summed E-state index contributed by atoms with van der Waals surface area (Å²) in [6.07, 6.45) is 3.92. The van der Waals surface area contributed by atoms with E-state index in [9.17, 15) is 9.90 Å². The lowest BCUT2D eigenvalue weighted by Gasteiger charge is -2.20. The fourth-order valence-electron chi connectivity index (χ4n) is 4.89. The number of carbonyl (C=O) groups excluding carboxylic acids is 1. The molecule has 0 saturated heterocycles. The SMILES string of the molecule is COc1ccc(C(C)C)cc1NC(O)Nc1cccc2c1ccn2Cc1ccnc2c1ccn2C(=O)OC(C)(C)C. The number of fused-ring (bicyclic) bond motifs is 2. The number of nitrogens with zero attached hydrogens (tertiary/aromatic N) is 3. The number of hydrogen-bond donors (Lipinski definition) is 3. The first-order valence-electron chi connectivity index (χ1n) is 13.7. The van der Waals surface area contributed by atoms with Crippen LogP contribution in [-0.2, 0) is 11.3 Å². The van der Waals surface area contributed by atoms with Gasteiger partial charge in [0.2, 0.25) is 6.35 Å². The zero-order valence-corrected chi connectivity index (χ0v) is 24.3. The molecule has 5 rings (SSSR count). The average molecular weight is 556 g/mol. The number of methoxy groups -OCH3 is 1. The molecule has 214 valence electrons. The van der Waals surface area contributed by atoms with E-state index in [0.717, 1.165) is 33.1 Å². The number of aliphatic hydroxyl groups is 1. The summed E-state index contributed by atoms with van der Waals surface area (Å²) in [5, 5.41) is 19.1. The quantitative estimate of drug-likeness (QED) is 0.182. The van der Waals surface area contributed by atoms with Gasteiger partial charge in [-0.1, -0.05) is 26.0 Å². The largest absolute Gasteiger partial charge is 0.495 e. The number of ether oxygens (including phenoxy) is 2. The van der Waals surface area contributed by atoms with Crippen molar-refractivity contribution >= 4 is 39.4 Å². The van der Waals surface area contributed by atoms with E-state index in [0.29, 0.717) is 29.5 Å². The van der Waals surface area contributed by atoms with E-state index in [4.69, 9.17) is 9.47 Å². The predicted octanol–water partition coefficient (Wildman–Crippen LogP) is 6.75. The van der Waals surface area contributed by atoms with Crippen molar-refractivity contribution in [2.75, 3.05) is 17.7 Å². The number of carbonyl (C=O) groups is 1. The van der Waals surface area contributed by atoms with Crippen LogP contribution in [0.3, 0.4) is 0 Å². The van der Waals surface area contributed by atoms with Crippen LogP contribution in [0.2, 0.25) is 0 Å². The summed E-state index contributed by atoms with van der Waals surface area (Å²) >= 11 is 0. The van der Waals surface area contributed by atoms with Crippen molar-refractivity contribution in [3.05, 3.63) is 84.3 Å². The molecule has 0 radical (unpaired) electrons. The van der Waals surface area contributed by atoms with E-state index in [-0.39, 0.29) is 0 Å². The van der Waals surface area contributed by atoms with Crippen molar-refractivity contribution in [3.8, 4) is 5.75 Å². The van der Waals surface area contributed by atoms with Crippen molar-refractivity contribution in [3.63, 3.8) is 0 Å². The topological polar surface area (TPSA) is 103 Å². The van der Waals surface area contributed by atoms with Gasteiger partial charge in [-0.2, -0.15) is 0 Å². The molecule has 0 aliphatic carbocycles. The van der Waals surface area contributed by atoms with Gasteiger partial charge < -0.3 is 29.8 Å². The molecular weight excluding hydrogens is 518 g/mol. The number of rotatable bonds is 8. The van der Waals surface area contributed by atoms with E-state index in [1.54, 1.807) is 19.5 Å². The number of anilines is 2. The third kappa shape index (κ3) is 6.00. The molecule has 1 atom stereocenters. The first-order valence-corrected chi connectivity index (χ1v) is 13.7. The number of benzene rings is 2. The number of aliphatic hydroxyl groups excluding tert-OH is 1. The van der Waals surface area contributed by atoms with Crippen LogP contribution in [0.5, 0.6) is 5.75 Å². The van der Waals surface area contributed by atoms with Crippen LogP contribution < -0.4 is 15.4 Å². The third-order valence-electron chi connectivity index (χ3n) is 6.90. The van der Waals surface area contributed by atoms with Gasteiger partial charge in [0.05, 0.1) is 18.3 Å². The van der Waals surface area contributed by atoms with Crippen LogP contribution in [0, 0.1) is 0 Å². The summed E-state index contributed by atoms with van der Waals surface area (Å²) in [6.45, 7) is 10.3. The van der Waals surface area contributed by atoms with Gasteiger partial charge in [0.25, 0.3) is 0 Å². The van der Waals surface area contributed by atoms with Crippen LogP contribution in [0.4, 0.5) is 16.2 Å². The van der Waals surface area contributed by atoms with Crippen LogP contribution in [0.1, 0.15) is 51.7 Å². The molecule has 3 N–H and O–H groups in total. The van der Waals surface area contributed by atoms with Gasteiger partial charge >= 0.3 is 6.09 Å². The van der Waals surface area contributed by atoms with Crippen LogP contribution >= 0.6 is 0 Å². The van der Waals surface area contributed by atoms with Crippen molar-refractivity contribution in [1.82, 2.24) is 14.1 Å². The summed E-state index contributed by atoms with van der Waals surface area (Å²) in [7, 11) is 1.61. The predicted molar refractivity (Wildman–Crippen MR) is 163 cm³/mol. The molecule has 1 unspecified atom stereocenters. The molecule has 2 aromatic carbocycles. The highest BCUT2D eigenvalue weighted by molar-refractivity contribution is 5.93. The number of nitrogens with one attached hydrogen (secondary N) is 2. The first-order chi connectivity index (χ1) is 19.5. The Balaban J connectivity index is 1.38. The molecule has 0 fully saturated rings. The Morgan fingerprint density at radius 2 is 1.76 bits per heavy atom. The third-order valence-corrected chi connectivity index (χ3v) is 6.90. The van der Waals surface area contributed by atoms with E-state index in [1.165, 1.54) is 4.57 Å². The minimum absolute atomic E-state index is 0.345. The van der Waals surface area contributed by atoms with E-state index in [1.807, 2.05) is 81.6 Å². The molecule has 5 aromatic rings. The Labute approximate surface area is 239 Å². The molecule has 0 aliphatic heterocycles. The Morgan fingerprint density at radius 3 is 2.49 bits per heavy atom. The van der Waals surface area contributed by atoms with Gasteiger partial charge in [-0.25, -0.2) is 14.3 Å². The van der Waals surface area contributed by atoms with Gasteiger partial charge in [-0.15, -0.1) is 0 Å². The first kappa shape index (κ1) is 28.0. The number of aromatic nitrogens is 3. The van der Waals surface area contributed by atoms with Crippen molar-refractivity contribution in [2.24, 2.45) is 0 Å². The zero-order chi connectivity index (χ0) is 29.3. The second-order valence-electron chi connectivity index (χ2n) is 11.4. The highest BCUT2D eigenvalue weighted by Crippen LogP contribution is 2.31. The molecule has 0 amide bonds. The van der Waals surface area contributed by atoms with Gasteiger partial charge in [0.15, 0.2) is 0 Å². The fourth-order valence-corrected chi connectivity index (χ4v) is 4.89. The Morgan fingerprint density at radius 1 is 1.00 bits per heavy atom.